The number of carbonyl (C=O) groups excluding carboxylic acids is 4. The molecule has 57 heavy (non-hydrogen) atoms. The van der Waals surface area contributed by atoms with Crippen LogP contribution in [0.25, 0.3) is 0 Å². The van der Waals surface area contributed by atoms with Gasteiger partial charge in [-0.2, -0.15) is 13.2 Å². The van der Waals surface area contributed by atoms with Crippen LogP contribution < -0.4 is 32.7 Å². The van der Waals surface area contributed by atoms with E-state index in [1.165, 1.54) is 0 Å². The lowest BCUT2D eigenvalue weighted by molar-refractivity contribution is -0.192. The Bertz CT molecular complexity index is 1540. The Balaban J connectivity index is 0.00000211. The number of amides is 4. The van der Waals surface area contributed by atoms with E-state index in [1.54, 1.807) is 0 Å². The number of guanidine groups is 1. The number of hydrogen-bond donors (Lipinski definition) is 8. The first-order chi connectivity index (χ1) is 26.9. The van der Waals surface area contributed by atoms with Gasteiger partial charge in [0.2, 0.25) is 17.7 Å². The van der Waals surface area contributed by atoms with E-state index < -0.39 is 54.3 Å². The van der Waals surface area contributed by atoms with Crippen molar-refractivity contribution < 1.29 is 52.1 Å². The second kappa shape index (κ2) is 26.5. The van der Waals surface area contributed by atoms with E-state index in [-0.39, 0.29) is 49.7 Å². The van der Waals surface area contributed by atoms with E-state index in [4.69, 9.17) is 26.1 Å². The number of aliphatic hydroxyl groups is 1. The molecule has 10 N–H and O–H groups in total. The number of halogens is 3. The number of carboxylic acids is 1. The fraction of sp³-hybridized carbons (Fsp3) is 0.538. The second-order valence-corrected chi connectivity index (χ2v) is 13.7. The molecule has 0 aliphatic heterocycles. The molecule has 4 amide bonds. The summed E-state index contributed by atoms with van der Waals surface area (Å²) in [4.78, 5) is 66.0. The molecular weight excluding hydrogens is 751 g/mol. The molecule has 0 heterocycles. The van der Waals surface area contributed by atoms with Crippen LogP contribution >= 0.6 is 0 Å². The van der Waals surface area contributed by atoms with E-state index in [9.17, 15) is 37.5 Å². The van der Waals surface area contributed by atoms with Crippen molar-refractivity contribution in [2.45, 2.75) is 110 Å². The topological polar surface area (TPSA) is 248 Å². The molecular formula is C39H58F3N7O8. The normalized spacial score (nSPS) is 13.2. The first-order valence-corrected chi connectivity index (χ1v) is 18.8. The highest BCUT2D eigenvalue weighted by Gasteiger charge is 2.38. The van der Waals surface area contributed by atoms with E-state index in [2.05, 4.69) is 26.3 Å². The van der Waals surface area contributed by atoms with E-state index in [0.29, 0.717) is 38.6 Å². The predicted molar refractivity (Wildman–Crippen MR) is 208 cm³/mol. The summed E-state index contributed by atoms with van der Waals surface area (Å²) in [5.41, 5.74) is 12.8. The minimum Gasteiger partial charge on any atom is -0.475 e. The third kappa shape index (κ3) is 21.5. The number of aliphatic imine (C=N–C) groups is 1. The molecule has 0 unspecified atom stereocenters. The van der Waals surface area contributed by atoms with Crippen molar-refractivity contribution in [2.75, 3.05) is 13.1 Å². The fourth-order valence-electron chi connectivity index (χ4n) is 5.58. The lowest BCUT2D eigenvalue weighted by Crippen LogP contribution is -2.58. The molecule has 0 radical (unpaired) electrons. The third-order valence-corrected chi connectivity index (χ3v) is 8.60. The van der Waals surface area contributed by atoms with Gasteiger partial charge in [0.15, 0.2) is 5.96 Å². The lowest BCUT2D eigenvalue weighted by atomic mass is 9.91. The standard InChI is InChI=1S/C37H57N7O6.C2HF3O2/c1-5-28(6-2)33(35(48)42-30(22-25(3)4)31(45)23-32(46)40-21-19-26-14-9-7-10-15-26)44-34(47)29(18-13-20-41-36(38)39)43-37(49)50-24-27-16-11-8-12-17-27;3-2(4,5)1(6)7/h7-12,14-17,25,28-31,33,45H,5-6,13,18-24H2,1-4H3,(H,40,46)(H,42,48)(H,43,49)(H,44,47)(H4,38,39,41);(H,6,7)/t29-,30-,31-,33-;/m0./s1. The minimum atomic E-state index is -5.08. The number of alkyl halides is 3. The molecule has 0 spiro atoms. The molecule has 0 aliphatic carbocycles. The molecule has 4 atom stereocenters. The van der Waals surface area contributed by atoms with Crippen molar-refractivity contribution in [3.05, 3.63) is 71.8 Å². The summed E-state index contributed by atoms with van der Waals surface area (Å²) in [7, 11) is 0. The number of benzene rings is 2. The van der Waals surface area contributed by atoms with Gasteiger partial charge < -0.3 is 47.7 Å². The van der Waals surface area contributed by atoms with E-state index in [0.717, 1.165) is 11.1 Å². The smallest absolute Gasteiger partial charge is 0.475 e. The SMILES string of the molecule is CCC(CC)[C@H](NC(=O)[C@H](CCCN=C(N)N)NC(=O)OCc1ccccc1)C(=O)N[C@@H](CC(C)C)[C@@H](O)CC(=O)NCCc1ccccc1.O=C(O)C(F)(F)F. The van der Waals surface area contributed by atoms with Crippen molar-refractivity contribution in [3.8, 4) is 0 Å². The molecule has 0 aromatic heterocycles. The number of alkyl carbamates (subject to hydrolysis) is 1. The number of carbonyl (C=O) groups is 5. The van der Waals surface area contributed by atoms with Gasteiger partial charge in [0.1, 0.15) is 18.7 Å². The van der Waals surface area contributed by atoms with Crippen LogP contribution in [0.4, 0.5) is 18.0 Å². The van der Waals surface area contributed by atoms with Crippen LogP contribution in [0.15, 0.2) is 65.7 Å². The zero-order valence-electron chi connectivity index (χ0n) is 32.9. The molecule has 2 aromatic carbocycles. The second-order valence-electron chi connectivity index (χ2n) is 13.7. The molecule has 18 heteroatoms. The van der Waals surface area contributed by atoms with Gasteiger partial charge in [-0.1, -0.05) is 101 Å². The van der Waals surface area contributed by atoms with Crippen molar-refractivity contribution in [2.24, 2.45) is 28.3 Å². The molecule has 0 aliphatic rings. The van der Waals surface area contributed by atoms with E-state index >= 15 is 0 Å². The Hall–Kier alpha value is -5.39. The number of nitrogens with two attached hydrogens (primary N) is 2. The Morgan fingerprint density at radius 3 is 1.93 bits per heavy atom. The summed E-state index contributed by atoms with van der Waals surface area (Å²) in [6.07, 6.45) is -4.45. The quantitative estimate of drug-likeness (QED) is 0.0488. The van der Waals surface area contributed by atoms with E-state index in [1.807, 2.05) is 88.4 Å². The predicted octanol–water partition coefficient (Wildman–Crippen LogP) is 3.53. The average molecular weight is 810 g/mol. The molecule has 2 aromatic rings. The Kier molecular flexibility index (Phi) is 23.0. The van der Waals surface area contributed by atoms with Gasteiger partial charge in [-0.15, -0.1) is 0 Å². The largest absolute Gasteiger partial charge is 0.490 e. The minimum absolute atomic E-state index is 0.0123. The Labute approximate surface area is 331 Å². The zero-order valence-corrected chi connectivity index (χ0v) is 32.9. The van der Waals surface area contributed by atoms with Gasteiger partial charge in [0, 0.05) is 13.1 Å². The highest BCUT2D eigenvalue weighted by Crippen LogP contribution is 2.18. The first-order valence-electron chi connectivity index (χ1n) is 18.8. The van der Waals surface area contributed by atoms with Crippen molar-refractivity contribution >= 4 is 35.7 Å². The summed E-state index contributed by atoms with van der Waals surface area (Å²) in [5, 5.41) is 29.5. The highest BCUT2D eigenvalue weighted by atomic mass is 19.4. The summed E-state index contributed by atoms with van der Waals surface area (Å²) < 4.78 is 37.1. The van der Waals surface area contributed by atoms with Crippen LogP contribution in [0.5, 0.6) is 0 Å². The molecule has 2 rings (SSSR count). The zero-order chi connectivity index (χ0) is 43.0. The Morgan fingerprint density at radius 2 is 1.42 bits per heavy atom. The summed E-state index contributed by atoms with van der Waals surface area (Å²) in [6, 6.07) is 16.1. The number of aliphatic hydroxyl groups excluding tert-OH is 1. The Morgan fingerprint density at radius 1 is 0.860 bits per heavy atom. The van der Waals surface area contributed by atoms with Gasteiger partial charge in [-0.3, -0.25) is 19.4 Å². The first kappa shape index (κ1) is 49.6. The number of hydrogen-bond acceptors (Lipinski definition) is 8. The van der Waals surface area contributed by atoms with Gasteiger partial charge in [-0.25, -0.2) is 9.59 Å². The van der Waals surface area contributed by atoms with Crippen LogP contribution in [0.3, 0.4) is 0 Å². The average Bonchev–Trinajstić information content (AvgIpc) is 3.15. The third-order valence-electron chi connectivity index (χ3n) is 8.60. The molecule has 0 bridgehead atoms. The van der Waals surface area contributed by atoms with Crippen LogP contribution in [-0.4, -0.2) is 89.5 Å². The summed E-state index contributed by atoms with van der Waals surface area (Å²) >= 11 is 0. The number of nitrogens with one attached hydrogen (secondary N) is 4. The van der Waals surface area contributed by atoms with Crippen molar-refractivity contribution in [1.29, 1.82) is 0 Å². The van der Waals surface area contributed by atoms with Crippen LogP contribution in [-0.2, 0) is 36.9 Å². The molecule has 0 saturated heterocycles. The van der Waals surface area contributed by atoms with Gasteiger partial charge in [0.05, 0.1) is 18.6 Å². The fourth-order valence-corrected chi connectivity index (χ4v) is 5.58. The van der Waals surface area contributed by atoms with Crippen molar-refractivity contribution in [1.82, 2.24) is 21.3 Å². The van der Waals surface area contributed by atoms with Crippen LogP contribution in [0.2, 0.25) is 0 Å². The number of aliphatic carboxylic acids is 1. The van der Waals surface area contributed by atoms with Gasteiger partial charge in [0.25, 0.3) is 0 Å². The molecule has 15 nitrogen and oxygen atoms in total. The summed E-state index contributed by atoms with van der Waals surface area (Å²) in [6.45, 7) is 8.43. The summed E-state index contributed by atoms with van der Waals surface area (Å²) in [5.74, 6) is -4.37. The molecule has 0 fully saturated rings. The maximum Gasteiger partial charge on any atom is 0.490 e. The number of nitrogens with zero attached hydrogens (tertiary/aromatic N) is 1. The maximum absolute atomic E-state index is 13.9. The maximum atomic E-state index is 13.9. The van der Waals surface area contributed by atoms with Crippen molar-refractivity contribution in [3.63, 3.8) is 0 Å². The van der Waals surface area contributed by atoms with Gasteiger partial charge >= 0.3 is 18.2 Å². The van der Waals surface area contributed by atoms with Crippen LogP contribution in [0, 0.1) is 11.8 Å². The van der Waals surface area contributed by atoms with Crippen LogP contribution in [0.1, 0.15) is 77.3 Å². The molecule has 0 saturated carbocycles. The number of carboxylic acid groups (broad SMARTS) is 1. The molecule has 318 valence electrons. The lowest BCUT2D eigenvalue weighted by Gasteiger charge is -2.31. The monoisotopic (exact) mass is 809 g/mol. The highest BCUT2D eigenvalue weighted by molar-refractivity contribution is 5.91. The number of ether oxygens (including phenoxy) is 1. The number of rotatable bonds is 22. The van der Waals surface area contributed by atoms with Gasteiger partial charge in [-0.05, 0) is 48.6 Å².